The minimum absolute atomic E-state index is 0.0855. The van der Waals surface area contributed by atoms with Crippen molar-refractivity contribution in [2.45, 2.75) is 117 Å². The van der Waals surface area contributed by atoms with E-state index in [1.165, 1.54) is 16.8 Å². The standard InChI is InChI=1S/C24H43N4O6PSi/c1-16(2)28(17(3)4)35(31-15-11-13-25)33-20-18(5)32-22(27-14-12-19(29)26-23(27)30)21(20)34-36(9,10)24(6,7)8/h12,14,16-18,20-22H,11,15H2,1-10H3,(H,26,29,30)/t18-,20?,21+,22-,35?/m1/s1/i5D. The molecule has 0 bridgehead atoms. The highest BCUT2D eigenvalue weighted by Crippen LogP contribution is 2.51. The molecule has 12 heteroatoms. The molecule has 0 radical (unpaired) electrons. The van der Waals surface area contributed by atoms with Crippen LogP contribution >= 0.6 is 8.53 Å². The molecule has 0 aromatic carbocycles. The lowest BCUT2D eigenvalue weighted by atomic mass is 10.1. The van der Waals surface area contributed by atoms with Gasteiger partial charge in [0.15, 0.2) is 14.5 Å². The van der Waals surface area contributed by atoms with Crippen molar-refractivity contribution in [3.63, 3.8) is 0 Å². The highest BCUT2D eigenvalue weighted by Gasteiger charge is 2.52. The first-order valence-electron chi connectivity index (χ1n) is 13.0. The van der Waals surface area contributed by atoms with Crippen LogP contribution in [-0.4, -0.2) is 59.5 Å². The first kappa shape index (κ1) is 29.2. The van der Waals surface area contributed by atoms with Crippen LogP contribution in [0.3, 0.4) is 0 Å². The van der Waals surface area contributed by atoms with Crippen LogP contribution in [0.15, 0.2) is 21.9 Å². The minimum Gasteiger partial charge on any atom is -0.407 e. The number of aromatic amines is 1. The Kier molecular flexibility index (Phi) is 10.1. The van der Waals surface area contributed by atoms with Crippen molar-refractivity contribution in [2.24, 2.45) is 0 Å². The molecule has 0 saturated carbocycles. The molecular weight excluding hydrogens is 499 g/mol. The molecule has 1 saturated heterocycles. The zero-order valence-electron chi connectivity index (χ0n) is 24.0. The maximum atomic E-state index is 12.8. The first-order valence-corrected chi connectivity index (χ1v) is 16.4. The zero-order chi connectivity index (χ0) is 28.1. The largest absolute Gasteiger partial charge is 0.407 e. The van der Waals surface area contributed by atoms with Gasteiger partial charge in [-0.1, -0.05) is 20.8 Å². The summed E-state index contributed by atoms with van der Waals surface area (Å²) >= 11 is 0. The molecule has 1 aromatic heterocycles. The lowest BCUT2D eigenvalue weighted by Gasteiger charge is -2.42. The van der Waals surface area contributed by atoms with E-state index >= 15 is 0 Å². The molecule has 0 amide bonds. The quantitative estimate of drug-likeness (QED) is 0.246. The SMILES string of the molecule is [2H]C[C@H]1O[C@@H](n2ccc(=O)[nH]c2=O)[C@@H](O[Si](C)(C)C(C)(C)C)C1OP(OCCC#N)N(C(C)C)C(C)C. The average Bonchev–Trinajstić information content (AvgIpc) is 3.09. The van der Waals surface area contributed by atoms with Crippen LogP contribution in [0.4, 0.5) is 0 Å². The minimum atomic E-state index is -2.41. The smallest absolute Gasteiger partial charge is 0.330 e. The number of H-pyrrole nitrogens is 1. The van der Waals surface area contributed by atoms with Crippen LogP contribution in [0.25, 0.3) is 0 Å². The van der Waals surface area contributed by atoms with Gasteiger partial charge in [-0.15, -0.1) is 0 Å². The molecule has 10 nitrogen and oxygen atoms in total. The molecule has 2 heterocycles. The van der Waals surface area contributed by atoms with E-state index < -0.39 is 52.6 Å². The molecule has 1 aliphatic heterocycles. The second-order valence-corrected chi connectivity index (χ2v) is 17.2. The molecule has 36 heavy (non-hydrogen) atoms. The van der Waals surface area contributed by atoms with Crippen molar-refractivity contribution in [3.05, 3.63) is 33.1 Å². The Morgan fingerprint density at radius 1 is 1.28 bits per heavy atom. The van der Waals surface area contributed by atoms with Gasteiger partial charge in [-0.05, 0) is 52.7 Å². The van der Waals surface area contributed by atoms with Gasteiger partial charge in [0.05, 0.1) is 25.2 Å². The van der Waals surface area contributed by atoms with Gasteiger partial charge in [-0.2, -0.15) is 5.26 Å². The summed E-state index contributed by atoms with van der Waals surface area (Å²) in [6.07, 6.45) is -1.45. The van der Waals surface area contributed by atoms with E-state index in [4.69, 9.17) is 24.8 Å². The fourth-order valence-electron chi connectivity index (χ4n) is 3.73. The maximum Gasteiger partial charge on any atom is 0.330 e. The van der Waals surface area contributed by atoms with Crippen LogP contribution < -0.4 is 11.2 Å². The van der Waals surface area contributed by atoms with Gasteiger partial charge in [0.2, 0.25) is 0 Å². The average molecular weight is 544 g/mol. The van der Waals surface area contributed by atoms with Crippen LogP contribution in [-0.2, 0) is 18.2 Å². The highest BCUT2D eigenvalue weighted by molar-refractivity contribution is 7.44. The predicted molar refractivity (Wildman–Crippen MR) is 143 cm³/mol. The van der Waals surface area contributed by atoms with Crippen molar-refractivity contribution in [2.75, 3.05) is 6.61 Å². The lowest BCUT2D eigenvalue weighted by molar-refractivity contribution is -0.0311. The fraction of sp³-hybridized carbons (Fsp3) is 0.792. The van der Waals surface area contributed by atoms with E-state index in [0.717, 1.165) is 0 Å². The number of ether oxygens (including phenoxy) is 1. The summed E-state index contributed by atoms with van der Waals surface area (Å²) in [5, 5.41) is 8.91. The third kappa shape index (κ3) is 7.35. The molecule has 0 aliphatic carbocycles. The summed E-state index contributed by atoms with van der Waals surface area (Å²) in [7, 11) is -4.05. The second kappa shape index (κ2) is 12.4. The predicted octanol–water partition coefficient (Wildman–Crippen LogP) is 4.51. The Balaban J connectivity index is 2.58. The molecule has 204 valence electrons. The van der Waals surface area contributed by atoms with E-state index in [9.17, 15) is 9.59 Å². The monoisotopic (exact) mass is 543 g/mol. The van der Waals surface area contributed by atoms with E-state index in [0.29, 0.717) is 0 Å². The van der Waals surface area contributed by atoms with Crippen molar-refractivity contribution < 1.29 is 19.6 Å². The number of hydrogen-bond donors (Lipinski definition) is 1. The molecule has 5 atom stereocenters. The topological polar surface area (TPSA) is 119 Å². The number of nitrogens with zero attached hydrogens (tertiary/aromatic N) is 3. The van der Waals surface area contributed by atoms with Crippen LogP contribution in [0.5, 0.6) is 0 Å². The third-order valence-corrected chi connectivity index (χ3v) is 13.1. The Morgan fingerprint density at radius 2 is 1.92 bits per heavy atom. The lowest BCUT2D eigenvalue weighted by Crippen LogP contribution is -2.50. The number of nitriles is 1. The molecule has 0 spiro atoms. The number of rotatable bonds is 11. The highest BCUT2D eigenvalue weighted by atomic mass is 31.2. The summed E-state index contributed by atoms with van der Waals surface area (Å²) in [5.74, 6) is 0. The third-order valence-electron chi connectivity index (χ3n) is 6.52. The summed E-state index contributed by atoms with van der Waals surface area (Å²) in [4.78, 5) is 26.8. The Labute approximate surface area is 218 Å². The number of hydrogen-bond acceptors (Lipinski definition) is 8. The molecule has 2 rings (SSSR count). The molecule has 1 aliphatic rings. The van der Waals surface area contributed by atoms with E-state index in [1.807, 2.05) is 27.7 Å². The maximum absolute atomic E-state index is 12.8. The van der Waals surface area contributed by atoms with Crippen LogP contribution in [0.1, 0.15) is 69.4 Å². The Hall–Kier alpha value is -1.38. The first-order chi connectivity index (χ1) is 17.1. The van der Waals surface area contributed by atoms with Crippen molar-refractivity contribution in [3.8, 4) is 6.07 Å². The van der Waals surface area contributed by atoms with Gasteiger partial charge in [-0.3, -0.25) is 14.3 Å². The molecule has 2 unspecified atom stereocenters. The molecular formula is C24H43N4O6PSi. The van der Waals surface area contributed by atoms with Gasteiger partial charge in [0, 0.05) is 25.7 Å². The summed E-state index contributed by atoms with van der Waals surface area (Å²) in [6.45, 7) is 18.8. The zero-order valence-corrected chi connectivity index (χ0v) is 24.9. The van der Waals surface area contributed by atoms with Gasteiger partial charge < -0.3 is 18.2 Å². The summed E-state index contributed by atoms with van der Waals surface area (Å²) < 4.78 is 37.5. The second-order valence-electron chi connectivity index (χ2n) is 11.0. The molecule has 1 N–H and O–H groups in total. The van der Waals surface area contributed by atoms with Crippen molar-refractivity contribution in [1.29, 1.82) is 5.26 Å². The van der Waals surface area contributed by atoms with Gasteiger partial charge in [-0.25, -0.2) is 9.46 Å². The van der Waals surface area contributed by atoms with E-state index in [1.54, 1.807) is 0 Å². The van der Waals surface area contributed by atoms with Crippen LogP contribution in [0.2, 0.25) is 18.1 Å². The van der Waals surface area contributed by atoms with Crippen molar-refractivity contribution >= 4 is 16.8 Å². The van der Waals surface area contributed by atoms with Gasteiger partial charge in [0.1, 0.15) is 12.2 Å². The van der Waals surface area contributed by atoms with Crippen molar-refractivity contribution in [1.82, 2.24) is 14.2 Å². The number of nitrogens with one attached hydrogen (secondary N) is 1. The Morgan fingerprint density at radius 3 is 2.42 bits per heavy atom. The molecule has 1 aromatic rings. The normalized spacial score (nSPS) is 24.4. The summed E-state index contributed by atoms with van der Waals surface area (Å²) in [6, 6.07) is 3.53. The fourth-order valence-corrected chi connectivity index (χ4v) is 6.78. The Bertz CT molecular complexity index is 1030. The van der Waals surface area contributed by atoms with E-state index in [-0.39, 0.29) is 37.0 Å². The molecule has 1 fully saturated rings. The summed E-state index contributed by atoms with van der Waals surface area (Å²) in [5.41, 5.74) is -1.13. The van der Waals surface area contributed by atoms with Gasteiger partial charge >= 0.3 is 5.69 Å². The van der Waals surface area contributed by atoms with Gasteiger partial charge in [0.25, 0.3) is 14.1 Å². The number of aromatic nitrogens is 2. The van der Waals surface area contributed by atoms with Crippen LogP contribution in [0, 0.1) is 11.3 Å². The van der Waals surface area contributed by atoms with E-state index in [2.05, 4.69) is 49.6 Å².